The molecule has 0 bridgehead atoms. The van der Waals surface area contributed by atoms with Crippen LogP contribution in [0.5, 0.6) is 0 Å². The van der Waals surface area contributed by atoms with Crippen LogP contribution in [0.15, 0.2) is 58.8 Å². The van der Waals surface area contributed by atoms with E-state index >= 15 is 0 Å². The molecule has 1 aliphatic rings. The molecule has 1 aromatic heterocycles. The first-order valence-electron chi connectivity index (χ1n) is 8.89. The van der Waals surface area contributed by atoms with Crippen LogP contribution in [0.25, 0.3) is 11.3 Å². The van der Waals surface area contributed by atoms with Crippen molar-refractivity contribution >= 4 is 49.5 Å². The Morgan fingerprint density at radius 1 is 1.00 bits per heavy atom. The van der Waals surface area contributed by atoms with Crippen LogP contribution in [0, 0.1) is 0 Å². The van der Waals surface area contributed by atoms with Crippen LogP contribution in [0.3, 0.4) is 0 Å². The fraction of sp³-hybridized carbons (Fsp3) is 0.250. The van der Waals surface area contributed by atoms with E-state index in [1.165, 1.54) is 6.07 Å². The first kappa shape index (κ1) is 19.7. The van der Waals surface area contributed by atoms with Crippen molar-refractivity contribution in [1.82, 2.24) is 4.98 Å². The average Bonchev–Trinajstić information content (AvgIpc) is 3.19. The van der Waals surface area contributed by atoms with Gasteiger partial charge in [0.1, 0.15) is 0 Å². The molecule has 0 aliphatic carbocycles. The second-order valence-corrected chi connectivity index (χ2v) is 10.6. The van der Waals surface area contributed by atoms with Gasteiger partial charge >= 0.3 is 0 Å². The van der Waals surface area contributed by atoms with Crippen LogP contribution in [0.1, 0.15) is 12.8 Å². The minimum atomic E-state index is -3.37. The molecule has 1 saturated heterocycles. The molecule has 0 N–H and O–H groups in total. The fourth-order valence-corrected chi connectivity index (χ4v) is 6.40. The number of hydrogen-bond acceptors (Lipinski definition) is 5. The molecule has 0 amide bonds. The summed E-state index contributed by atoms with van der Waals surface area (Å²) in [6.45, 7) is 1.33. The van der Waals surface area contributed by atoms with Gasteiger partial charge in [-0.15, -0.1) is 11.3 Å². The molecule has 2 heterocycles. The largest absolute Gasteiger partial charge is 0.348 e. The van der Waals surface area contributed by atoms with Crippen molar-refractivity contribution in [3.8, 4) is 11.3 Å². The van der Waals surface area contributed by atoms with Crippen LogP contribution >= 0.6 is 34.5 Å². The Kier molecular flexibility index (Phi) is 5.65. The van der Waals surface area contributed by atoms with Gasteiger partial charge in [0.25, 0.3) is 0 Å². The predicted molar refractivity (Wildman–Crippen MR) is 116 cm³/mol. The first-order valence-corrected chi connectivity index (χ1v) is 12.1. The number of benzene rings is 2. The average molecular weight is 453 g/mol. The number of hydrogen-bond donors (Lipinski definition) is 0. The molecular formula is C20H18Cl2N2O2S2. The van der Waals surface area contributed by atoms with E-state index in [2.05, 4.69) is 4.90 Å². The molecule has 3 aromatic rings. The number of anilines is 1. The fourth-order valence-electron chi connectivity index (χ4n) is 3.36. The minimum Gasteiger partial charge on any atom is -0.348 e. The monoisotopic (exact) mass is 452 g/mol. The number of nitrogens with zero attached hydrogens (tertiary/aromatic N) is 2. The Labute approximate surface area is 178 Å². The molecule has 1 aliphatic heterocycles. The van der Waals surface area contributed by atoms with Crippen molar-refractivity contribution in [2.75, 3.05) is 18.0 Å². The Morgan fingerprint density at radius 2 is 1.71 bits per heavy atom. The van der Waals surface area contributed by atoms with E-state index in [0.29, 0.717) is 40.9 Å². The van der Waals surface area contributed by atoms with Crippen molar-refractivity contribution in [3.63, 3.8) is 0 Å². The third kappa shape index (κ3) is 4.06. The Morgan fingerprint density at radius 3 is 2.39 bits per heavy atom. The van der Waals surface area contributed by atoms with Crippen molar-refractivity contribution in [3.05, 3.63) is 64.0 Å². The lowest BCUT2D eigenvalue weighted by molar-refractivity contribution is 0.529. The Bertz CT molecular complexity index is 1070. The summed E-state index contributed by atoms with van der Waals surface area (Å²) >= 11 is 13.5. The van der Waals surface area contributed by atoms with Crippen LogP contribution in [0.2, 0.25) is 10.0 Å². The molecule has 146 valence electrons. The lowest BCUT2D eigenvalue weighted by atomic mass is 10.1. The number of rotatable bonds is 4. The lowest BCUT2D eigenvalue weighted by Crippen LogP contribution is -2.39. The van der Waals surface area contributed by atoms with E-state index in [1.54, 1.807) is 29.5 Å². The van der Waals surface area contributed by atoms with E-state index in [-0.39, 0.29) is 0 Å². The van der Waals surface area contributed by atoms with E-state index in [4.69, 9.17) is 28.2 Å². The summed E-state index contributed by atoms with van der Waals surface area (Å²) in [6.07, 6.45) is 1.15. The van der Waals surface area contributed by atoms with Crippen molar-refractivity contribution in [2.24, 2.45) is 0 Å². The van der Waals surface area contributed by atoms with Gasteiger partial charge in [-0.05, 0) is 43.2 Å². The smallest absolute Gasteiger partial charge is 0.185 e. The van der Waals surface area contributed by atoms with Crippen LogP contribution in [-0.4, -0.2) is 31.7 Å². The molecule has 28 heavy (non-hydrogen) atoms. The maximum Gasteiger partial charge on any atom is 0.185 e. The second kappa shape index (κ2) is 8.03. The Hall–Kier alpha value is -1.60. The molecule has 2 aromatic carbocycles. The summed E-state index contributed by atoms with van der Waals surface area (Å²) in [5.41, 5.74) is 1.93. The predicted octanol–water partition coefficient (Wildman–Crippen LogP) is 5.56. The zero-order valence-corrected chi connectivity index (χ0v) is 18.0. The number of sulfone groups is 1. The van der Waals surface area contributed by atoms with Gasteiger partial charge in [0.15, 0.2) is 15.0 Å². The molecule has 1 fully saturated rings. The normalized spacial score (nSPS) is 15.7. The second-order valence-electron chi connectivity index (χ2n) is 6.71. The zero-order valence-electron chi connectivity index (χ0n) is 14.9. The van der Waals surface area contributed by atoms with E-state index < -0.39 is 15.1 Å². The standard InChI is InChI=1S/C20H18Cl2N2O2S2/c21-15-6-4-14(5-7-15)19-13-27-20(23-19)24-10-8-17(9-11-24)28(25,26)18-3-1-2-16(22)12-18/h1-7,12-13,17H,8-11H2. The first-order chi connectivity index (χ1) is 13.4. The third-order valence-electron chi connectivity index (χ3n) is 4.91. The summed E-state index contributed by atoms with van der Waals surface area (Å²) in [7, 11) is -3.37. The van der Waals surface area contributed by atoms with Gasteiger partial charge in [0, 0.05) is 34.1 Å². The van der Waals surface area contributed by atoms with Gasteiger partial charge in [-0.3, -0.25) is 0 Å². The minimum absolute atomic E-state index is 0.303. The molecule has 0 saturated carbocycles. The van der Waals surface area contributed by atoms with Crippen LogP contribution in [-0.2, 0) is 9.84 Å². The molecule has 4 nitrogen and oxygen atoms in total. The molecule has 0 unspecified atom stereocenters. The van der Waals surface area contributed by atoms with Crippen molar-refractivity contribution in [2.45, 2.75) is 23.0 Å². The summed E-state index contributed by atoms with van der Waals surface area (Å²) in [4.78, 5) is 7.19. The van der Waals surface area contributed by atoms with Gasteiger partial charge in [0.05, 0.1) is 15.8 Å². The summed E-state index contributed by atoms with van der Waals surface area (Å²) in [6, 6.07) is 14.1. The maximum atomic E-state index is 12.9. The highest BCUT2D eigenvalue weighted by Gasteiger charge is 2.32. The molecule has 0 spiro atoms. The molecular weight excluding hydrogens is 435 g/mol. The van der Waals surface area contributed by atoms with Crippen LogP contribution in [0.4, 0.5) is 5.13 Å². The SMILES string of the molecule is O=S(=O)(c1cccc(Cl)c1)C1CCN(c2nc(-c3ccc(Cl)cc3)cs2)CC1. The summed E-state index contributed by atoms with van der Waals surface area (Å²) in [5.74, 6) is 0. The quantitative estimate of drug-likeness (QED) is 0.519. The number of halogens is 2. The van der Waals surface area contributed by atoms with Gasteiger partial charge in [-0.1, -0.05) is 41.4 Å². The van der Waals surface area contributed by atoms with Crippen LogP contribution < -0.4 is 4.90 Å². The van der Waals surface area contributed by atoms with E-state index in [0.717, 1.165) is 16.4 Å². The van der Waals surface area contributed by atoms with Gasteiger partial charge < -0.3 is 4.90 Å². The van der Waals surface area contributed by atoms with E-state index in [1.807, 2.05) is 29.6 Å². The topological polar surface area (TPSA) is 50.3 Å². The summed E-state index contributed by atoms with van der Waals surface area (Å²) in [5, 5.41) is 3.69. The molecule has 0 radical (unpaired) electrons. The zero-order chi connectivity index (χ0) is 19.7. The highest BCUT2D eigenvalue weighted by atomic mass is 35.5. The Balaban J connectivity index is 1.45. The van der Waals surface area contributed by atoms with Gasteiger partial charge in [0.2, 0.25) is 0 Å². The van der Waals surface area contributed by atoms with Crippen molar-refractivity contribution in [1.29, 1.82) is 0 Å². The van der Waals surface area contributed by atoms with E-state index in [9.17, 15) is 8.42 Å². The molecule has 8 heteroatoms. The van der Waals surface area contributed by atoms with Crippen molar-refractivity contribution < 1.29 is 8.42 Å². The molecule has 4 rings (SSSR count). The van der Waals surface area contributed by atoms with Gasteiger partial charge in [-0.25, -0.2) is 13.4 Å². The van der Waals surface area contributed by atoms with Gasteiger partial charge in [-0.2, -0.15) is 0 Å². The molecule has 0 atom stereocenters. The maximum absolute atomic E-state index is 12.9. The summed E-state index contributed by atoms with van der Waals surface area (Å²) < 4.78 is 25.8. The third-order valence-corrected chi connectivity index (χ3v) is 8.56. The number of aromatic nitrogens is 1. The highest BCUT2D eigenvalue weighted by molar-refractivity contribution is 7.92. The lowest BCUT2D eigenvalue weighted by Gasteiger charge is -2.31. The highest BCUT2D eigenvalue weighted by Crippen LogP contribution is 2.32. The number of piperidine rings is 1. The number of thiazole rings is 1.